The summed E-state index contributed by atoms with van der Waals surface area (Å²) < 4.78 is 45.0. The smallest absolute Gasteiger partial charge is 0.241 e. The van der Waals surface area contributed by atoms with Crippen LogP contribution in [0, 0.1) is 5.82 Å². The summed E-state index contributed by atoms with van der Waals surface area (Å²) >= 11 is 3.02. The molecule has 0 saturated carbocycles. The van der Waals surface area contributed by atoms with Gasteiger partial charge < -0.3 is 9.84 Å². The van der Waals surface area contributed by atoms with Crippen LogP contribution in [-0.2, 0) is 14.8 Å². The molecule has 0 aliphatic carbocycles. The van der Waals surface area contributed by atoms with Gasteiger partial charge in [-0.2, -0.15) is 0 Å². The van der Waals surface area contributed by atoms with Crippen LogP contribution >= 0.6 is 15.9 Å². The number of benzene rings is 1. The number of halogens is 2. The van der Waals surface area contributed by atoms with E-state index in [2.05, 4.69) is 20.7 Å². The molecule has 8 heteroatoms. The Bertz CT molecular complexity index is 609. The molecule has 2 N–H and O–H groups in total. The van der Waals surface area contributed by atoms with E-state index in [-0.39, 0.29) is 15.9 Å². The molecule has 1 aliphatic rings. The molecule has 1 aliphatic heterocycles. The molecule has 0 radical (unpaired) electrons. The zero-order valence-electron chi connectivity index (χ0n) is 10.8. The van der Waals surface area contributed by atoms with Crippen LogP contribution in [0.5, 0.6) is 0 Å². The highest BCUT2D eigenvalue weighted by Gasteiger charge is 2.40. The molecular weight excluding hydrogens is 353 g/mol. The molecule has 2 unspecified atom stereocenters. The maximum atomic E-state index is 13.0. The maximum absolute atomic E-state index is 13.0. The van der Waals surface area contributed by atoms with Gasteiger partial charge in [-0.05, 0) is 41.1 Å². The molecule has 2 atom stereocenters. The fraction of sp³-hybridized carbons (Fsp3) is 0.500. The van der Waals surface area contributed by atoms with Gasteiger partial charge in [-0.25, -0.2) is 17.5 Å². The topological polar surface area (TPSA) is 75.6 Å². The lowest BCUT2D eigenvalue weighted by Crippen LogP contribution is -2.47. The van der Waals surface area contributed by atoms with Gasteiger partial charge in [0.1, 0.15) is 11.4 Å². The van der Waals surface area contributed by atoms with E-state index < -0.39 is 27.5 Å². The van der Waals surface area contributed by atoms with Gasteiger partial charge in [-0.3, -0.25) is 0 Å². The van der Waals surface area contributed by atoms with Crippen LogP contribution in [0.3, 0.4) is 0 Å². The Labute approximate surface area is 125 Å². The molecule has 1 aromatic rings. The predicted molar refractivity (Wildman–Crippen MR) is 74.3 cm³/mol. The minimum absolute atomic E-state index is 0.0749. The number of hydrogen-bond donors (Lipinski definition) is 2. The molecular formula is C12H15BrFNO4S. The second-order valence-electron chi connectivity index (χ2n) is 4.77. The van der Waals surface area contributed by atoms with Crippen LogP contribution in [0.25, 0.3) is 0 Å². The fourth-order valence-corrected chi connectivity index (χ4v) is 4.14. The molecule has 0 spiro atoms. The first-order chi connectivity index (χ1) is 9.24. The third kappa shape index (κ3) is 3.20. The normalized spacial score (nSPS) is 26.9. The van der Waals surface area contributed by atoms with Crippen LogP contribution < -0.4 is 4.72 Å². The first kappa shape index (κ1) is 15.8. The molecule has 1 saturated heterocycles. The van der Waals surface area contributed by atoms with Crippen LogP contribution in [0.1, 0.15) is 13.3 Å². The Kier molecular flexibility index (Phi) is 4.50. The summed E-state index contributed by atoms with van der Waals surface area (Å²) in [6, 6.07) is 3.31. The van der Waals surface area contributed by atoms with Crippen molar-refractivity contribution in [2.75, 3.05) is 13.2 Å². The van der Waals surface area contributed by atoms with Crippen LogP contribution in [0.4, 0.5) is 4.39 Å². The third-order valence-electron chi connectivity index (χ3n) is 3.41. The van der Waals surface area contributed by atoms with Crippen molar-refractivity contribution in [3.8, 4) is 0 Å². The third-order valence-corrected chi connectivity index (χ3v) is 5.79. The van der Waals surface area contributed by atoms with Crippen LogP contribution in [0.2, 0.25) is 0 Å². The molecule has 1 fully saturated rings. The standard InChI is InChI=1S/C12H15BrFNO4S/c1-8-12(16,4-5-19-8)7-15-20(17,18)11-3-2-9(14)6-10(11)13/h2-3,6,8,15-16H,4-5,7H2,1H3. The quantitative estimate of drug-likeness (QED) is 0.843. The second kappa shape index (κ2) is 5.69. The number of aliphatic hydroxyl groups is 1. The molecule has 0 aromatic heterocycles. The van der Waals surface area contributed by atoms with Gasteiger partial charge in [0.2, 0.25) is 10.0 Å². The van der Waals surface area contributed by atoms with Crippen molar-refractivity contribution in [3.63, 3.8) is 0 Å². The van der Waals surface area contributed by atoms with E-state index in [0.717, 1.165) is 12.1 Å². The van der Waals surface area contributed by atoms with Crippen molar-refractivity contribution < 1.29 is 22.7 Å². The average molecular weight is 368 g/mol. The number of hydrogen-bond acceptors (Lipinski definition) is 4. The summed E-state index contributed by atoms with van der Waals surface area (Å²) in [5.74, 6) is -0.535. The van der Waals surface area contributed by atoms with Crippen LogP contribution in [0.15, 0.2) is 27.6 Å². The maximum Gasteiger partial charge on any atom is 0.241 e. The van der Waals surface area contributed by atoms with Crippen LogP contribution in [-0.4, -0.2) is 38.4 Å². The Balaban J connectivity index is 2.15. The van der Waals surface area contributed by atoms with E-state index in [1.54, 1.807) is 6.92 Å². The highest BCUT2D eigenvalue weighted by Crippen LogP contribution is 2.27. The van der Waals surface area contributed by atoms with Crippen molar-refractivity contribution >= 4 is 26.0 Å². The lowest BCUT2D eigenvalue weighted by Gasteiger charge is -2.26. The summed E-state index contributed by atoms with van der Waals surface area (Å²) in [6.45, 7) is 1.93. The largest absolute Gasteiger partial charge is 0.386 e. The van der Waals surface area contributed by atoms with Crippen molar-refractivity contribution in [1.82, 2.24) is 4.72 Å². The highest BCUT2D eigenvalue weighted by atomic mass is 79.9. The first-order valence-electron chi connectivity index (χ1n) is 6.03. The molecule has 2 rings (SSSR count). The minimum atomic E-state index is -3.84. The predicted octanol–water partition coefficient (Wildman–Crippen LogP) is 1.41. The van der Waals surface area contributed by atoms with E-state index >= 15 is 0 Å². The van der Waals surface area contributed by atoms with E-state index in [4.69, 9.17) is 4.74 Å². The highest BCUT2D eigenvalue weighted by molar-refractivity contribution is 9.10. The van der Waals surface area contributed by atoms with Gasteiger partial charge in [0.25, 0.3) is 0 Å². The first-order valence-corrected chi connectivity index (χ1v) is 8.31. The van der Waals surface area contributed by atoms with E-state index in [9.17, 15) is 17.9 Å². The molecule has 5 nitrogen and oxygen atoms in total. The van der Waals surface area contributed by atoms with E-state index in [1.807, 2.05) is 0 Å². The minimum Gasteiger partial charge on any atom is -0.386 e. The fourth-order valence-electron chi connectivity index (χ4n) is 1.99. The summed E-state index contributed by atoms with van der Waals surface area (Å²) in [4.78, 5) is -0.0749. The number of nitrogens with one attached hydrogen (secondary N) is 1. The number of rotatable bonds is 4. The molecule has 112 valence electrons. The Hall–Kier alpha value is -0.540. The Morgan fingerprint density at radius 1 is 1.60 bits per heavy atom. The molecule has 0 amide bonds. The zero-order chi connectivity index (χ0) is 15.0. The molecule has 0 bridgehead atoms. The van der Waals surface area contributed by atoms with Gasteiger partial charge >= 0.3 is 0 Å². The van der Waals surface area contributed by atoms with Crippen molar-refractivity contribution in [3.05, 3.63) is 28.5 Å². The Morgan fingerprint density at radius 3 is 2.85 bits per heavy atom. The van der Waals surface area contributed by atoms with Crippen molar-refractivity contribution in [1.29, 1.82) is 0 Å². The van der Waals surface area contributed by atoms with Crippen molar-refractivity contribution in [2.24, 2.45) is 0 Å². The summed E-state index contributed by atoms with van der Waals surface area (Å²) in [5.41, 5.74) is -1.22. The summed E-state index contributed by atoms with van der Waals surface area (Å²) in [6.07, 6.45) is -0.0803. The summed E-state index contributed by atoms with van der Waals surface area (Å²) in [7, 11) is -3.84. The lowest BCUT2D eigenvalue weighted by atomic mass is 9.97. The second-order valence-corrected chi connectivity index (χ2v) is 7.36. The monoisotopic (exact) mass is 367 g/mol. The average Bonchev–Trinajstić information content (AvgIpc) is 2.68. The molecule has 1 heterocycles. The van der Waals surface area contributed by atoms with Gasteiger partial charge in [0.05, 0.1) is 11.0 Å². The summed E-state index contributed by atoms with van der Waals surface area (Å²) in [5, 5.41) is 10.3. The van der Waals surface area contributed by atoms with Gasteiger partial charge in [-0.15, -0.1) is 0 Å². The number of ether oxygens (including phenoxy) is 1. The lowest BCUT2D eigenvalue weighted by molar-refractivity contribution is -0.0228. The zero-order valence-corrected chi connectivity index (χ0v) is 13.2. The Morgan fingerprint density at radius 2 is 2.30 bits per heavy atom. The van der Waals surface area contributed by atoms with E-state index in [1.165, 1.54) is 6.07 Å². The molecule has 20 heavy (non-hydrogen) atoms. The van der Waals surface area contributed by atoms with Gasteiger partial charge in [0.15, 0.2) is 0 Å². The van der Waals surface area contributed by atoms with Gasteiger partial charge in [0, 0.05) is 24.0 Å². The molecule has 1 aromatic carbocycles. The van der Waals surface area contributed by atoms with E-state index in [0.29, 0.717) is 13.0 Å². The number of sulfonamides is 1. The van der Waals surface area contributed by atoms with Gasteiger partial charge in [-0.1, -0.05) is 0 Å². The SMILES string of the molecule is CC1OCCC1(O)CNS(=O)(=O)c1ccc(F)cc1Br. The van der Waals surface area contributed by atoms with Crippen molar-refractivity contribution in [2.45, 2.75) is 29.9 Å².